The summed E-state index contributed by atoms with van der Waals surface area (Å²) in [5, 5.41) is 28.8. The van der Waals surface area contributed by atoms with Crippen molar-refractivity contribution in [1.82, 2.24) is 0 Å². The summed E-state index contributed by atoms with van der Waals surface area (Å²) in [5.41, 5.74) is -1.06. The molecule has 0 amide bonds. The molecule has 2 aromatic carbocycles. The van der Waals surface area contributed by atoms with E-state index in [2.05, 4.69) is 4.18 Å². The summed E-state index contributed by atoms with van der Waals surface area (Å²) in [5.74, 6) is -2.43. The van der Waals surface area contributed by atoms with Crippen molar-refractivity contribution in [2.45, 2.75) is 0 Å². The van der Waals surface area contributed by atoms with Crippen LogP contribution in [-0.2, 0) is 10.4 Å². The summed E-state index contributed by atoms with van der Waals surface area (Å²) in [6.07, 6.45) is 0. The highest BCUT2D eigenvalue weighted by molar-refractivity contribution is 7.81. The van der Waals surface area contributed by atoms with Crippen LogP contribution >= 0.6 is 0 Å². The van der Waals surface area contributed by atoms with Crippen molar-refractivity contribution in [2.75, 3.05) is 0 Å². The monoisotopic (exact) mass is 365 g/mol. The zero-order valence-electron chi connectivity index (χ0n) is 12.2. The summed E-state index contributed by atoms with van der Waals surface area (Å²) in [4.78, 5) is 12.3. The van der Waals surface area contributed by atoms with E-state index in [1.807, 2.05) is 0 Å². The molecule has 9 nitrogen and oxygen atoms in total. The maximum absolute atomic E-state index is 12.3. The van der Waals surface area contributed by atoms with Gasteiger partial charge in [-0.1, -0.05) is 0 Å². The van der Waals surface area contributed by atoms with E-state index < -0.39 is 38.5 Å². The van der Waals surface area contributed by atoms with Gasteiger partial charge in [0.15, 0.2) is 5.76 Å². The van der Waals surface area contributed by atoms with E-state index >= 15 is 0 Å². The lowest BCUT2D eigenvalue weighted by Crippen LogP contribution is -2.08. The fraction of sp³-hybridized carbons (Fsp3) is 0. The van der Waals surface area contributed by atoms with E-state index in [1.165, 1.54) is 24.3 Å². The second-order valence-electron chi connectivity index (χ2n) is 4.96. The summed E-state index contributed by atoms with van der Waals surface area (Å²) >= 11 is 0. The number of hydrogen-bond acceptors (Lipinski definition) is 9. The van der Waals surface area contributed by atoms with Crippen LogP contribution in [0.4, 0.5) is 0 Å². The van der Waals surface area contributed by atoms with Crippen molar-refractivity contribution < 1.29 is 36.9 Å². The van der Waals surface area contributed by atoms with E-state index in [4.69, 9.17) is 4.42 Å². The van der Waals surface area contributed by atoms with Crippen LogP contribution in [0.25, 0.3) is 22.3 Å². The maximum atomic E-state index is 12.3. The molecule has 0 bridgehead atoms. The lowest BCUT2D eigenvalue weighted by atomic mass is 10.1. The first kappa shape index (κ1) is 16.6. The molecule has 0 spiro atoms. The second kappa shape index (κ2) is 5.69. The Morgan fingerprint density at radius 3 is 2.28 bits per heavy atom. The standard InChI is InChI=1S/C15H10O9S/c16-8-3-1-7(2-4-8)15-14(19)13(18)12-10(17)5-9(6-11(12)23-15)24-25(20,21)22/h1-6,16-17,19H,(H,20,21,22)/p-1. The predicted molar refractivity (Wildman–Crippen MR) is 83.2 cm³/mol. The molecule has 0 atom stereocenters. The fourth-order valence-corrected chi connectivity index (χ4v) is 2.57. The van der Waals surface area contributed by atoms with Crippen molar-refractivity contribution in [3.05, 3.63) is 46.6 Å². The van der Waals surface area contributed by atoms with Gasteiger partial charge in [0.1, 0.15) is 28.2 Å². The minimum atomic E-state index is -5.11. The Morgan fingerprint density at radius 2 is 1.68 bits per heavy atom. The molecule has 0 aliphatic rings. The topological polar surface area (TPSA) is 157 Å². The molecular formula is C15H9O9S-. The first-order chi connectivity index (χ1) is 11.7. The largest absolute Gasteiger partial charge is 0.716 e. The molecule has 0 saturated heterocycles. The van der Waals surface area contributed by atoms with E-state index in [9.17, 15) is 33.1 Å². The van der Waals surface area contributed by atoms with Gasteiger partial charge >= 0.3 is 0 Å². The molecule has 10 heteroatoms. The number of phenolic OH excluding ortho intramolecular Hbond substituents is 2. The van der Waals surface area contributed by atoms with Crippen molar-refractivity contribution in [1.29, 1.82) is 0 Å². The van der Waals surface area contributed by atoms with Gasteiger partial charge in [-0.25, -0.2) is 8.42 Å². The molecule has 0 aliphatic carbocycles. The van der Waals surface area contributed by atoms with Crippen LogP contribution in [0.3, 0.4) is 0 Å². The quantitative estimate of drug-likeness (QED) is 0.461. The average Bonchev–Trinajstić information content (AvgIpc) is 2.49. The van der Waals surface area contributed by atoms with Crippen molar-refractivity contribution in [3.63, 3.8) is 0 Å². The molecule has 0 saturated carbocycles. The normalized spacial score (nSPS) is 11.6. The number of hydrogen-bond donors (Lipinski definition) is 3. The van der Waals surface area contributed by atoms with Gasteiger partial charge in [-0.3, -0.25) is 4.79 Å². The SMILES string of the molecule is O=c1c(O)c(-c2ccc(O)cc2)oc2cc(OS(=O)(=O)[O-])cc(O)c12. The van der Waals surface area contributed by atoms with Gasteiger partial charge in [-0.15, -0.1) is 0 Å². The van der Waals surface area contributed by atoms with Gasteiger partial charge in [0.25, 0.3) is 10.4 Å². The number of fused-ring (bicyclic) bond motifs is 1. The predicted octanol–water partition coefficient (Wildman–Crippen LogP) is 1.42. The van der Waals surface area contributed by atoms with Gasteiger partial charge in [0, 0.05) is 17.7 Å². The highest BCUT2D eigenvalue weighted by atomic mass is 32.3. The molecule has 1 heterocycles. The number of rotatable bonds is 3. The molecule has 1 aromatic heterocycles. The van der Waals surface area contributed by atoms with Crippen molar-refractivity contribution in [3.8, 4) is 34.3 Å². The summed E-state index contributed by atoms with van der Waals surface area (Å²) in [6, 6.07) is 6.95. The van der Waals surface area contributed by atoms with Crippen LogP contribution in [0.2, 0.25) is 0 Å². The summed E-state index contributed by atoms with van der Waals surface area (Å²) < 4.78 is 41.5. The van der Waals surface area contributed by atoms with Crippen LogP contribution in [-0.4, -0.2) is 28.3 Å². The van der Waals surface area contributed by atoms with E-state index in [-0.39, 0.29) is 22.7 Å². The van der Waals surface area contributed by atoms with Gasteiger partial charge < -0.3 is 28.5 Å². The molecule has 0 unspecified atom stereocenters. The van der Waals surface area contributed by atoms with Gasteiger partial charge in [-0.05, 0) is 24.3 Å². The van der Waals surface area contributed by atoms with Crippen LogP contribution in [0.1, 0.15) is 0 Å². The molecule has 25 heavy (non-hydrogen) atoms. The molecule has 0 aliphatic heterocycles. The molecule has 3 rings (SSSR count). The van der Waals surface area contributed by atoms with Crippen molar-refractivity contribution in [2.24, 2.45) is 0 Å². The smallest absolute Gasteiger partial charge is 0.262 e. The van der Waals surface area contributed by atoms with Crippen molar-refractivity contribution >= 4 is 21.4 Å². The Kier molecular flexibility index (Phi) is 3.78. The van der Waals surface area contributed by atoms with E-state index in [1.54, 1.807) is 0 Å². The average molecular weight is 365 g/mol. The maximum Gasteiger partial charge on any atom is 0.262 e. The van der Waals surface area contributed by atoms with Crippen LogP contribution < -0.4 is 9.61 Å². The Bertz CT molecular complexity index is 1130. The zero-order valence-corrected chi connectivity index (χ0v) is 13.0. The third-order valence-corrected chi connectivity index (χ3v) is 3.65. The molecule has 0 radical (unpaired) electrons. The van der Waals surface area contributed by atoms with Gasteiger partial charge in [0.05, 0.1) is 0 Å². The van der Waals surface area contributed by atoms with Gasteiger partial charge in [0.2, 0.25) is 11.2 Å². The molecule has 3 aromatic rings. The highest BCUT2D eigenvalue weighted by Crippen LogP contribution is 2.35. The number of phenols is 2. The molecule has 3 N–H and O–H groups in total. The lowest BCUT2D eigenvalue weighted by molar-refractivity contribution is 0.371. The number of aromatic hydroxyl groups is 3. The van der Waals surface area contributed by atoms with E-state index in [0.29, 0.717) is 0 Å². The van der Waals surface area contributed by atoms with Crippen LogP contribution in [0.15, 0.2) is 45.6 Å². The van der Waals surface area contributed by atoms with Crippen LogP contribution in [0, 0.1) is 0 Å². The first-order valence-electron chi connectivity index (χ1n) is 6.63. The summed E-state index contributed by atoms with van der Waals surface area (Å²) in [6.45, 7) is 0. The Balaban J connectivity index is 2.29. The number of benzene rings is 2. The Morgan fingerprint density at radius 1 is 1.04 bits per heavy atom. The molecule has 130 valence electrons. The third-order valence-electron chi connectivity index (χ3n) is 3.25. The lowest BCUT2D eigenvalue weighted by Gasteiger charge is -2.11. The minimum absolute atomic E-state index is 0.0552. The second-order valence-corrected chi connectivity index (χ2v) is 5.95. The minimum Gasteiger partial charge on any atom is -0.716 e. The van der Waals surface area contributed by atoms with E-state index in [0.717, 1.165) is 12.1 Å². The first-order valence-corrected chi connectivity index (χ1v) is 7.96. The Labute approximate surface area is 139 Å². The van der Waals surface area contributed by atoms with Crippen LogP contribution in [0.5, 0.6) is 23.0 Å². The molecule has 0 fully saturated rings. The zero-order chi connectivity index (χ0) is 18.4. The Hall–Kier alpha value is -3.24. The molecular weight excluding hydrogens is 356 g/mol. The van der Waals surface area contributed by atoms with Gasteiger partial charge in [-0.2, -0.15) is 0 Å². The summed E-state index contributed by atoms with van der Waals surface area (Å²) in [7, 11) is -5.11. The highest BCUT2D eigenvalue weighted by Gasteiger charge is 2.19. The fourth-order valence-electron chi connectivity index (χ4n) is 2.24. The third kappa shape index (κ3) is 3.20.